The Morgan fingerprint density at radius 3 is 2.58 bits per heavy atom. The second-order valence-electron chi connectivity index (χ2n) is 6.67. The summed E-state index contributed by atoms with van der Waals surface area (Å²) in [7, 11) is 0. The lowest BCUT2D eigenvalue weighted by Crippen LogP contribution is -2.24. The van der Waals surface area contributed by atoms with Gasteiger partial charge in [0.05, 0.1) is 0 Å². The number of aromatic nitrogens is 2. The van der Waals surface area contributed by atoms with Gasteiger partial charge >= 0.3 is 0 Å². The Balaban J connectivity index is 1.46. The van der Waals surface area contributed by atoms with Gasteiger partial charge in [-0.2, -0.15) is 4.98 Å². The molecule has 0 radical (unpaired) electrons. The molecule has 1 fully saturated rings. The van der Waals surface area contributed by atoms with E-state index in [0.717, 1.165) is 17.5 Å². The van der Waals surface area contributed by atoms with Gasteiger partial charge in [-0.3, -0.25) is 4.79 Å². The molecule has 1 amide bonds. The molecule has 1 aliphatic heterocycles. The van der Waals surface area contributed by atoms with Crippen molar-refractivity contribution in [3.8, 4) is 11.5 Å². The first-order valence-electron chi connectivity index (χ1n) is 8.97. The van der Waals surface area contributed by atoms with Crippen LogP contribution in [0.2, 0.25) is 0 Å². The van der Waals surface area contributed by atoms with Crippen molar-refractivity contribution < 1.29 is 9.32 Å². The van der Waals surface area contributed by atoms with Crippen LogP contribution in [0.25, 0.3) is 11.5 Å². The number of nitrogens with zero attached hydrogens (tertiary/aromatic N) is 3. The maximum atomic E-state index is 12.3. The normalized spacial score (nSPS) is 17.0. The SMILES string of the molecule is CCc1ccc(-c2nc(C3CC(=O)N(Cc4ccccc4)C3)no2)cc1. The van der Waals surface area contributed by atoms with Crippen molar-refractivity contribution in [1.29, 1.82) is 0 Å². The Hall–Kier alpha value is -2.95. The Bertz CT molecular complexity index is 887. The van der Waals surface area contributed by atoms with Crippen molar-refractivity contribution in [2.45, 2.75) is 32.2 Å². The topological polar surface area (TPSA) is 59.2 Å². The summed E-state index contributed by atoms with van der Waals surface area (Å²) < 4.78 is 5.43. The molecule has 2 heterocycles. The van der Waals surface area contributed by atoms with Gasteiger partial charge in [0, 0.05) is 31.0 Å². The smallest absolute Gasteiger partial charge is 0.257 e. The van der Waals surface area contributed by atoms with Gasteiger partial charge in [0.25, 0.3) is 5.89 Å². The lowest BCUT2D eigenvalue weighted by Gasteiger charge is -2.15. The van der Waals surface area contributed by atoms with Crippen LogP contribution in [0.5, 0.6) is 0 Å². The van der Waals surface area contributed by atoms with Crippen LogP contribution in [0.3, 0.4) is 0 Å². The first kappa shape index (κ1) is 16.5. The highest BCUT2D eigenvalue weighted by atomic mass is 16.5. The van der Waals surface area contributed by atoms with Gasteiger partial charge in [-0.25, -0.2) is 0 Å². The lowest BCUT2D eigenvalue weighted by molar-refractivity contribution is -0.128. The molecule has 0 bridgehead atoms. The summed E-state index contributed by atoms with van der Waals surface area (Å²) in [5.41, 5.74) is 3.31. The van der Waals surface area contributed by atoms with Gasteiger partial charge in [0.1, 0.15) is 0 Å². The second kappa shape index (κ2) is 7.12. The number of amides is 1. The quantitative estimate of drug-likeness (QED) is 0.704. The molecule has 26 heavy (non-hydrogen) atoms. The highest BCUT2D eigenvalue weighted by Crippen LogP contribution is 2.29. The van der Waals surface area contributed by atoms with Crippen molar-refractivity contribution in [1.82, 2.24) is 15.0 Å². The molecule has 0 aliphatic carbocycles. The van der Waals surface area contributed by atoms with E-state index in [9.17, 15) is 4.79 Å². The molecule has 1 aliphatic rings. The van der Waals surface area contributed by atoms with Crippen molar-refractivity contribution in [2.75, 3.05) is 6.54 Å². The van der Waals surface area contributed by atoms with Crippen LogP contribution in [0.1, 0.15) is 36.2 Å². The molecular formula is C21H21N3O2. The number of rotatable bonds is 5. The first-order valence-corrected chi connectivity index (χ1v) is 8.97. The number of hydrogen-bond donors (Lipinski definition) is 0. The summed E-state index contributed by atoms with van der Waals surface area (Å²) in [5, 5.41) is 4.13. The number of likely N-dealkylation sites (tertiary alicyclic amines) is 1. The highest BCUT2D eigenvalue weighted by Gasteiger charge is 2.33. The monoisotopic (exact) mass is 347 g/mol. The fourth-order valence-corrected chi connectivity index (χ4v) is 3.30. The van der Waals surface area contributed by atoms with Crippen molar-refractivity contribution in [2.24, 2.45) is 0 Å². The molecule has 0 spiro atoms. The zero-order chi connectivity index (χ0) is 17.9. The molecule has 5 heteroatoms. The fraction of sp³-hybridized carbons (Fsp3) is 0.286. The van der Waals surface area contributed by atoms with E-state index in [-0.39, 0.29) is 11.8 Å². The minimum Gasteiger partial charge on any atom is -0.338 e. The van der Waals surface area contributed by atoms with E-state index in [4.69, 9.17) is 4.52 Å². The van der Waals surface area contributed by atoms with Gasteiger partial charge in [-0.15, -0.1) is 0 Å². The van der Waals surface area contributed by atoms with Gasteiger partial charge in [-0.1, -0.05) is 54.5 Å². The maximum Gasteiger partial charge on any atom is 0.257 e. The zero-order valence-electron chi connectivity index (χ0n) is 14.8. The van der Waals surface area contributed by atoms with Crippen LogP contribution < -0.4 is 0 Å². The molecule has 1 atom stereocenters. The average Bonchev–Trinajstić information content (AvgIpc) is 3.30. The summed E-state index contributed by atoms with van der Waals surface area (Å²) in [6.45, 7) is 3.37. The fourth-order valence-electron chi connectivity index (χ4n) is 3.30. The van der Waals surface area contributed by atoms with Crippen LogP contribution in [-0.4, -0.2) is 27.5 Å². The van der Waals surface area contributed by atoms with Gasteiger partial charge in [0.15, 0.2) is 5.82 Å². The van der Waals surface area contributed by atoms with Crippen LogP contribution in [0, 0.1) is 0 Å². The molecule has 1 unspecified atom stereocenters. The van der Waals surface area contributed by atoms with E-state index in [2.05, 4.69) is 29.2 Å². The number of carbonyl (C=O) groups is 1. The second-order valence-corrected chi connectivity index (χ2v) is 6.67. The third kappa shape index (κ3) is 3.38. The number of benzene rings is 2. The Morgan fingerprint density at radius 1 is 1.08 bits per heavy atom. The van der Waals surface area contributed by atoms with Crippen LogP contribution in [0.4, 0.5) is 0 Å². The largest absolute Gasteiger partial charge is 0.338 e. The van der Waals surface area contributed by atoms with Crippen LogP contribution in [-0.2, 0) is 17.8 Å². The van der Waals surface area contributed by atoms with E-state index in [1.807, 2.05) is 47.4 Å². The van der Waals surface area contributed by atoms with Crippen molar-refractivity contribution in [3.05, 3.63) is 71.5 Å². The Labute approximate surface area is 152 Å². The van der Waals surface area contributed by atoms with E-state index in [1.54, 1.807) is 0 Å². The molecule has 3 aromatic rings. The Morgan fingerprint density at radius 2 is 1.85 bits per heavy atom. The molecular weight excluding hydrogens is 326 g/mol. The summed E-state index contributed by atoms with van der Waals surface area (Å²) in [6, 6.07) is 18.2. The number of aryl methyl sites for hydroxylation is 1. The summed E-state index contributed by atoms with van der Waals surface area (Å²) >= 11 is 0. The molecule has 5 nitrogen and oxygen atoms in total. The standard InChI is InChI=1S/C21H21N3O2/c1-2-15-8-10-17(11-9-15)21-22-20(23-26-21)18-12-19(25)24(14-18)13-16-6-4-3-5-7-16/h3-11,18H,2,12-14H2,1H3. The van der Waals surface area contributed by atoms with E-state index in [1.165, 1.54) is 5.56 Å². The Kier molecular flexibility index (Phi) is 4.52. The predicted molar refractivity (Wildman–Crippen MR) is 98.3 cm³/mol. The van der Waals surface area contributed by atoms with Crippen molar-refractivity contribution >= 4 is 5.91 Å². The predicted octanol–water partition coefficient (Wildman–Crippen LogP) is 3.82. The van der Waals surface area contributed by atoms with Crippen LogP contribution >= 0.6 is 0 Å². The first-order chi connectivity index (χ1) is 12.7. The van der Waals surface area contributed by atoms with E-state index < -0.39 is 0 Å². The average molecular weight is 347 g/mol. The summed E-state index contributed by atoms with van der Waals surface area (Å²) in [6.07, 6.45) is 1.43. The van der Waals surface area contributed by atoms with E-state index in [0.29, 0.717) is 31.2 Å². The molecule has 1 aromatic heterocycles. The molecule has 0 N–H and O–H groups in total. The number of hydrogen-bond acceptors (Lipinski definition) is 4. The molecule has 0 saturated carbocycles. The maximum absolute atomic E-state index is 12.3. The molecule has 1 saturated heterocycles. The zero-order valence-corrected chi connectivity index (χ0v) is 14.8. The third-order valence-corrected chi connectivity index (χ3v) is 4.85. The van der Waals surface area contributed by atoms with E-state index >= 15 is 0 Å². The highest BCUT2D eigenvalue weighted by molar-refractivity contribution is 5.79. The lowest BCUT2D eigenvalue weighted by atomic mass is 10.1. The molecule has 4 rings (SSSR count). The minimum absolute atomic E-state index is 0.0152. The summed E-state index contributed by atoms with van der Waals surface area (Å²) in [4.78, 5) is 18.8. The summed E-state index contributed by atoms with van der Waals surface area (Å²) in [5.74, 6) is 1.25. The van der Waals surface area contributed by atoms with Gasteiger partial charge < -0.3 is 9.42 Å². The van der Waals surface area contributed by atoms with Crippen LogP contribution in [0.15, 0.2) is 59.1 Å². The minimum atomic E-state index is -0.0152. The molecule has 132 valence electrons. The van der Waals surface area contributed by atoms with Gasteiger partial charge in [-0.05, 0) is 29.7 Å². The molecule has 2 aromatic carbocycles. The third-order valence-electron chi connectivity index (χ3n) is 4.85. The number of carbonyl (C=O) groups excluding carboxylic acids is 1. The van der Waals surface area contributed by atoms with Crippen molar-refractivity contribution in [3.63, 3.8) is 0 Å². The van der Waals surface area contributed by atoms with Gasteiger partial charge in [0.2, 0.25) is 5.91 Å².